The Morgan fingerprint density at radius 1 is 1.06 bits per heavy atom. The average Bonchev–Trinajstić information content (AvgIpc) is 2.88. The third-order valence-electron chi connectivity index (χ3n) is 7.04. The SMILES string of the molecule is O=C(Nc1cccc(F)c1)N1CCCCN2[C@H](CO)C(c3ccc(C#Cc4cccnc4)cc3)[C@@H]2C1. The molecule has 5 rings (SSSR count). The number of rotatable bonds is 3. The lowest BCUT2D eigenvalue weighted by Gasteiger charge is -2.57. The molecule has 1 unspecified atom stereocenters. The molecule has 3 heterocycles. The molecule has 3 aromatic rings. The first-order valence-corrected chi connectivity index (χ1v) is 12.3. The largest absolute Gasteiger partial charge is 0.395 e. The van der Waals surface area contributed by atoms with Crippen molar-refractivity contribution in [2.45, 2.75) is 30.8 Å². The Bertz CT molecular complexity index is 1260. The first-order chi connectivity index (χ1) is 17.6. The van der Waals surface area contributed by atoms with E-state index in [9.17, 15) is 14.3 Å². The summed E-state index contributed by atoms with van der Waals surface area (Å²) in [6.07, 6.45) is 5.29. The van der Waals surface area contributed by atoms with E-state index in [-0.39, 0.29) is 36.5 Å². The van der Waals surface area contributed by atoms with Crippen LogP contribution in [0, 0.1) is 17.7 Å². The van der Waals surface area contributed by atoms with Crippen LogP contribution in [-0.2, 0) is 0 Å². The molecule has 2 aliphatic rings. The van der Waals surface area contributed by atoms with Gasteiger partial charge in [-0.05, 0) is 67.4 Å². The molecule has 0 aliphatic carbocycles. The zero-order valence-corrected chi connectivity index (χ0v) is 20.0. The highest BCUT2D eigenvalue weighted by molar-refractivity contribution is 5.89. The molecule has 0 radical (unpaired) electrons. The standard InChI is InChI=1S/C29H29FN4O2/c30-24-6-3-7-25(17-24)32-29(36)33-15-1-2-16-34-26(19-33)28(27(34)20-35)23-12-10-21(11-13-23)8-9-22-5-4-14-31-18-22/h3-7,10-14,17-18,26-28,35H,1-2,15-16,19-20H2,(H,32,36)/t26-,27+,28?/m0/s1. The molecule has 2 saturated heterocycles. The number of aliphatic hydroxyl groups is 1. The van der Waals surface area contributed by atoms with E-state index >= 15 is 0 Å². The minimum absolute atomic E-state index is 0.0218. The molecule has 2 aliphatic heterocycles. The Balaban J connectivity index is 1.32. The Kier molecular flexibility index (Phi) is 7.26. The summed E-state index contributed by atoms with van der Waals surface area (Å²) < 4.78 is 13.6. The second-order valence-electron chi connectivity index (χ2n) is 9.29. The van der Waals surface area contributed by atoms with Crippen LogP contribution in [0.3, 0.4) is 0 Å². The van der Waals surface area contributed by atoms with Crippen molar-refractivity contribution in [3.05, 3.63) is 95.6 Å². The van der Waals surface area contributed by atoms with Gasteiger partial charge in [-0.25, -0.2) is 9.18 Å². The zero-order valence-electron chi connectivity index (χ0n) is 20.0. The second-order valence-corrected chi connectivity index (χ2v) is 9.29. The Hall–Kier alpha value is -3.73. The molecule has 36 heavy (non-hydrogen) atoms. The van der Waals surface area contributed by atoms with E-state index < -0.39 is 0 Å². The zero-order chi connectivity index (χ0) is 24.9. The maximum atomic E-state index is 13.6. The van der Waals surface area contributed by atoms with Gasteiger partial charge in [-0.3, -0.25) is 9.88 Å². The second kappa shape index (κ2) is 10.9. The van der Waals surface area contributed by atoms with Gasteiger partial charge in [0.2, 0.25) is 0 Å². The number of carbonyl (C=O) groups is 1. The van der Waals surface area contributed by atoms with Crippen molar-refractivity contribution in [3.8, 4) is 11.8 Å². The molecule has 0 saturated carbocycles. The lowest BCUT2D eigenvalue weighted by atomic mass is 9.74. The van der Waals surface area contributed by atoms with Gasteiger partial charge in [0, 0.05) is 60.3 Å². The van der Waals surface area contributed by atoms with Crippen LogP contribution in [0.2, 0.25) is 0 Å². The highest BCUT2D eigenvalue weighted by atomic mass is 19.1. The molecule has 3 atom stereocenters. The van der Waals surface area contributed by atoms with Gasteiger partial charge in [0.15, 0.2) is 0 Å². The Morgan fingerprint density at radius 2 is 1.86 bits per heavy atom. The third kappa shape index (κ3) is 5.25. The van der Waals surface area contributed by atoms with Gasteiger partial charge in [-0.15, -0.1) is 0 Å². The Morgan fingerprint density at radius 3 is 2.61 bits per heavy atom. The number of aromatic nitrogens is 1. The van der Waals surface area contributed by atoms with Gasteiger partial charge in [-0.2, -0.15) is 0 Å². The van der Waals surface area contributed by atoms with Gasteiger partial charge < -0.3 is 15.3 Å². The fourth-order valence-corrected chi connectivity index (χ4v) is 5.26. The number of halogens is 1. The quantitative estimate of drug-likeness (QED) is 0.550. The van der Waals surface area contributed by atoms with Gasteiger partial charge >= 0.3 is 6.03 Å². The van der Waals surface area contributed by atoms with Crippen molar-refractivity contribution in [2.75, 3.05) is 31.6 Å². The van der Waals surface area contributed by atoms with Crippen molar-refractivity contribution in [1.82, 2.24) is 14.8 Å². The van der Waals surface area contributed by atoms with Crippen LogP contribution in [0.5, 0.6) is 0 Å². The monoisotopic (exact) mass is 484 g/mol. The summed E-state index contributed by atoms with van der Waals surface area (Å²) in [5, 5.41) is 13.0. The highest BCUT2D eigenvalue weighted by Gasteiger charge is 2.49. The number of aliphatic hydroxyl groups excluding tert-OH is 1. The summed E-state index contributed by atoms with van der Waals surface area (Å²) in [6.45, 7) is 2.16. The summed E-state index contributed by atoms with van der Waals surface area (Å²) in [5.41, 5.74) is 3.35. The lowest BCUT2D eigenvalue weighted by molar-refractivity contribution is -0.0585. The molecule has 0 spiro atoms. The Labute approximate surface area is 210 Å². The summed E-state index contributed by atoms with van der Waals surface area (Å²) in [4.78, 5) is 21.3. The molecular formula is C29H29FN4O2. The number of urea groups is 1. The fourth-order valence-electron chi connectivity index (χ4n) is 5.26. The average molecular weight is 485 g/mol. The van der Waals surface area contributed by atoms with Crippen LogP contribution >= 0.6 is 0 Å². The first kappa shape index (κ1) is 24.0. The van der Waals surface area contributed by atoms with Crippen molar-refractivity contribution < 1.29 is 14.3 Å². The lowest BCUT2D eigenvalue weighted by Crippen LogP contribution is -2.68. The molecular weight excluding hydrogens is 455 g/mol. The summed E-state index contributed by atoms with van der Waals surface area (Å²) in [7, 11) is 0. The predicted molar refractivity (Wildman–Crippen MR) is 137 cm³/mol. The molecule has 0 bridgehead atoms. The van der Waals surface area contributed by atoms with Gasteiger partial charge in [0.1, 0.15) is 5.82 Å². The normalized spacial score (nSPS) is 21.7. The molecule has 1 aromatic heterocycles. The number of nitrogens with zero attached hydrogens (tertiary/aromatic N) is 3. The van der Waals surface area contributed by atoms with Crippen LogP contribution in [0.15, 0.2) is 73.1 Å². The number of fused-ring (bicyclic) bond motifs is 1. The van der Waals surface area contributed by atoms with Crippen molar-refractivity contribution >= 4 is 11.7 Å². The molecule has 2 amide bonds. The number of hydrogen-bond acceptors (Lipinski definition) is 4. The van der Waals surface area contributed by atoms with Crippen LogP contribution in [0.1, 0.15) is 35.4 Å². The van der Waals surface area contributed by atoms with E-state index in [0.717, 1.165) is 36.1 Å². The van der Waals surface area contributed by atoms with Crippen molar-refractivity contribution in [1.29, 1.82) is 0 Å². The van der Waals surface area contributed by atoms with Gasteiger partial charge in [-0.1, -0.05) is 30.0 Å². The molecule has 2 fully saturated rings. The molecule has 7 heteroatoms. The van der Waals surface area contributed by atoms with Crippen LogP contribution < -0.4 is 5.32 Å². The number of pyridine rings is 1. The third-order valence-corrected chi connectivity index (χ3v) is 7.04. The first-order valence-electron chi connectivity index (χ1n) is 12.3. The molecule has 6 nitrogen and oxygen atoms in total. The summed E-state index contributed by atoms with van der Waals surface area (Å²) in [5.74, 6) is 6.02. The molecule has 2 N–H and O–H groups in total. The van der Waals surface area contributed by atoms with Crippen LogP contribution in [0.4, 0.5) is 14.9 Å². The maximum absolute atomic E-state index is 13.6. The van der Waals surface area contributed by atoms with E-state index in [1.54, 1.807) is 24.5 Å². The van der Waals surface area contributed by atoms with Crippen LogP contribution in [0.25, 0.3) is 0 Å². The number of nitrogens with one attached hydrogen (secondary N) is 1. The van der Waals surface area contributed by atoms with E-state index in [1.165, 1.54) is 12.1 Å². The highest BCUT2D eigenvalue weighted by Crippen LogP contribution is 2.42. The number of benzene rings is 2. The van der Waals surface area contributed by atoms with Crippen molar-refractivity contribution in [3.63, 3.8) is 0 Å². The minimum Gasteiger partial charge on any atom is -0.395 e. The predicted octanol–water partition coefficient (Wildman–Crippen LogP) is 4.08. The van der Waals surface area contributed by atoms with Crippen LogP contribution in [-0.4, -0.2) is 64.2 Å². The smallest absolute Gasteiger partial charge is 0.321 e. The maximum Gasteiger partial charge on any atom is 0.321 e. The number of amides is 2. The van der Waals surface area contributed by atoms with E-state index in [0.29, 0.717) is 18.8 Å². The molecule has 2 aromatic carbocycles. The van der Waals surface area contributed by atoms with Gasteiger partial charge in [0.25, 0.3) is 0 Å². The number of anilines is 1. The topological polar surface area (TPSA) is 68.7 Å². The van der Waals surface area contributed by atoms with E-state index in [2.05, 4.69) is 39.2 Å². The van der Waals surface area contributed by atoms with Crippen molar-refractivity contribution in [2.24, 2.45) is 0 Å². The molecule has 184 valence electrons. The number of hydrogen-bond donors (Lipinski definition) is 2. The summed E-state index contributed by atoms with van der Waals surface area (Å²) in [6, 6.07) is 17.8. The fraction of sp³-hybridized carbons (Fsp3) is 0.310. The van der Waals surface area contributed by atoms with E-state index in [4.69, 9.17) is 0 Å². The number of carbonyl (C=O) groups excluding carboxylic acids is 1. The minimum atomic E-state index is -0.384. The summed E-state index contributed by atoms with van der Waals surface area (Å²) >= 11 is 0. The van der Waals surface area contributed by atoms with Gasteiger partial charge in [0.05, 0.1) is 6.61 Å². The van der Waals surface area contributed by atoms with E-state index in [1.807, 2.05) is 29.2 Å².